The lowest BCUT2D eigenvalue weighted by Gasteiger charge is -2.28. The van der Waals surface area contributed by atoms with E-state index in [1.807, 2.05) is 23.2 Å². The third-order valence-electron chi connectivity index (χ3n) is 4.18. The number of rotatable bonds is 7. The predicted octanol–water partition coefficient (Wildman–Crippen LogP) is 2.03. The normalized spacial score (nSPS) is 20.5. The summed E-state index contributed by atoms with van der Waals surface area (Å²) in [6, 6.07) is 3.93. The molecule has 1 amide bonds. The summed E-state index contributed by atoms with van der Waals surface area (Å²) in [6.45, 7) is 1.76. The first-order valence-electron chi connectivity index (χ1n) is 7.98. The molecule has 128 valence electrons. The molecule has 1 aliphatic heterocycles. The van der Waals surface area contributed by atoms with Crippen LogP contribution in [0.3, 0.4) is 0 Å². The number of aromatic nitrogens is 2. The Hall–Kier alpha value is -1.83. The Balaban J connectivity index is 1.75. The lowest BCUT2D eigenvalue weighted by atomic mass is 10.0. The summed E-state index contributed by atoms with van der Waals surface area (Å²) in [6.07, 6.45) is 5.15. The molecule has 2 aromatic rings. The number of thiazole rings is 1. The van der Waals surface area contributed by atoms with Gasteiger partial charge in [-0.1, -0.05) is 6.07 Å². The van der Waals surface area contributed by atoms with Gasteiger partial charge in [-0.2, -0.15) is 0 Å². The second-order valence-corrected chi connectivity index (χ2v) is 6.41. The minimum atomic E-state index is -0.0250. The molecule has 1 aliphatic rings. The van der Waals surface area contributed by atoms with Gasteiger partial charge >= 0.3 is 0 Å². The van der Waals surface area contributed by atoms with Crippen molar-refractivity contribution in [2.75, 3.05) is 26.9 Å². The SMILES string of the molecule is COCCO[C@@H]1CCN(C(=O)c2cscn2)[C@@H]1Cc1cccnc1. The van der Waals surface area contributed by atoms with Crippen LogP contribution in [0.1, 0.15) is 22.5 Å². The van der Waals surface area contributed by atoms with Crippen molar-refractivity contribution in [2.24, 2.45) is 0 Å². The number of nitrogens with zero attached hydrogens (tertiary/aromatic N) is 3. The molecular formula is C17H21N3O3S. The second-order valence-electron chi connectivity index (χ2n) is 5.70. The first-order chi connectivity index (χ1) is 11.8. The monoisotopic (exact) mass is 347 g/mol. The Morgan fingerprint density at radius 2 is 2.38 bits per heavy atom. The van der Waals surface area contributed by atoms with E-state index in [1.165, 1.54) is 11.3 Å². The summed E-state index contributed by atoms with van der Waals surface area (Å²) in [4.78, 5) is 23.0. The number of pyridine rings is 1. The average molecular weight is 347 g/mol. The molecule has 6 nitrogen and oxygen atoms in total. The second kappa shape index (κ2) is 8.32. The Kier molecular flexibility index (Phi) is 5.90. The van der Waals surface area contributed by atoms with E-state index >= 15 is 0 Å². The number of amides is 1. The molecule has 1 fully saturated rings. The van der Waals surface area contributed by atoms with Crippen LogP contribution in [0.4, 0.5) is 0 Å². The summed E-state index contributed by atoms with van der Waals surface area (Å²) in [7, 11) is 1.66. The fraction of sp³-hybridized carbons (Fsp3) is 0.471. The van der Waals surface area contributed by atoms with Crippen molar-refractivity contribution in [1.82, 2.24) is 14.9 Å². The van der Waals surface area contributed by atoms with Crippen LogP contribution in [0, 0.1) is 0 Å². The van der Waals surface area contributed by atoms with Gasteiger partial charge < -0.3 is 14.4 Å². The van der Waals surface area contributed by atoms with Crippen molar-refractivity contribution < 1.29 is 14.3 Å². The van der Waals surface area contributed by atoms with E-state index in [1.54, 1.807) is 24.2 Å². The number of likely N-dealkylation sites (tertiary alicyclic amines) is 1. The van der Waals surface area contributed by atoms with Crippen LogP contribution in [0.5, 0.6) is 0 Å². The van der Waals surface area contributed by atoms with E-state index in [0.717, 1.165) is 18.4 Å². The van der Waals surface area contributed by atoms with Crippen molar-refractivity contribution in [1.29, 1.82) is 0 Å². The van der Waals surface area contributed by atoms with Crippen molar-refractivity contribution in [2.45, 2.75) is 25.0 Å². The highest BCUT2D eigenvalue weighted by Gasteiger charge is 2.38. The first kappa shape index (κ1) is 17.0. The number of carbonyl (C=O) groups excluding carboxylic acids is 1. The van der Waals surface area contributed by atoms with Gasteiger partial charge in [0.2, 0.25) is 0 Å². The van der Waals surface area contributed by atoms with Gasteiger partial charge in [0.1, 0.15) is 5.69 Å². The molecule has 0 bridgehead atoms. The molecule has 7 heteroatoms. The van der Waals surface area contributed by atoms with Crippen LogP contribution in [-0.4, -0.2) is 59.8 Å². The van der Waals surface area contributed by atoms with E-state index < -0.39 is 0 Å². The van der Waals surface area contributed by atoms with Gasteiger partial charge in [0.25, 0.3) is 5.91 Å². The van der Waals surface area contributed by atoms with Crippen LogP contribution < -0.4 is 0 Å². The summed E-state index contributed by atoms with van der Waals surface area (Å²) >= 11 is 1.43. The van der Waals surface area contributed by atoms with Crippen LogP contribution >= 0.6 is 11.3 Å². The van der Waals surface area contributed by atoms with E-state index in [0.29, 0.717) is 25.5 Å². The molecule has 2 atom stereocenters. The lowest BCUT2D eigenvalue weighted by molar-refractivity contribution is 0.000416. The minimum Gasteiger partial charge on any atom is -0.382 e. The lowest BCUT2D eigenvalue weighted by Crippen LogP contribution is -2.42. The molecule has 0 radical (unpaired) electrons. The molecule has 3 rings (SSSR count). The van der Waals surface area contributed by atoms with Gasteiger partial charge in [-0.3, -0.25) is 9.78 Å². The summed E-state index contributed by atoms with van der Waals surface area (Å²) < 4.78 is 11.0. The van der Waals surface area contributed by atoms with Crippen LogP contribution in [-0.2, 0) is 15.9 Å². The third-order valence-corrected chi connectivity index (χ3v) is 4.77. The van der Waals surface area contributed by atoms with Crippen LogP contribution in [0.15, 0.2) is 35.4 Å². The molecule has 0 aromatic carbocycles. The highest BCUT2D eigenvalue weighted by atomic mass is 32.1. The van der Waals surface area contributed by atoms with E-state index in [2.05, 4.69) is 9.97 Å². The van der Waals surface area contributed by atoms with E-state index in [4.69, 9.17) is 9.47 Å². The number of hydrogen-bond donors (Lipinski definition) is 0. The van der Waals surface area contributed by atoms with Gasteiger partial charge in [-0.05, 0) is 24.5 Å². The van der Waals surface area contributed by atoms with Gasteiger partial charge in [0.15, 0.2) is 0 Å². The minimum absolute atomic E-state index is 0.00272. The Bertz CT molecular complexity index is 636. The van der Waals surface area contributed by atoms with Gasteiger partial charge in [-0.25, -0.2) is 4.98 Å². The fourth-order valence-electron chi connectivity index (χ4n) is 3.02. The molecule has 0 aliphatic carbocycles. The maximum Gasteiger partial charge on any atom is 0.273 e. The maximum absolute atomic E-state index is 12.8. The third kappa shape index (κ3) is 3.98. The van der Waals surface area contributed by atoms with E-state index in [9.17, 15) is 4.79 Å². The van der Waals surface area contributed by atoms with Crippen LogP contribution in [0.25, 0.3) is 0 Å². The van der Waals surface area contributed by atoms with E-state index in [-0.39, 0.29) is 18.1 Å². The molecule has 24 heavy (non-hydrogen) atoms. The fourth-order valence-corrected chi connectivity index (χ4v) is 3.55. The Morgan fingerprint density at radius 1 is 1.46 bits per heavy atom. The standard InChI is InChI=1S/C17H21N3O3S/c1-22-7-8-23-16-4-6-20(17(21)14-11-24-12-19-14)15(16)9-13-3-2-5-18-10-13/h2-3,5,10-12,15-16H,4,6-9H2,1H3/t15-,16-/m1/s1. The van der Waals surface area contributed by atoms with Crippen molar-refractivity contribution in [3.63, 3.8) is 0 Å². The number of carbonyl (C=O) groups is 1. The largest absolute Gasteiger partial charge is 0.382 e. The molecule has 2 aromatic heterocycles. The molecule has 0 N–H and O–H groups in total. The number of ether oxygens (including phenoxy) is 2. The molecule has 0 unspecified atom stereocenters. The molecule has 3 heterocycles. The zero-order chi connectivity index (χ0) is 16.8. The number of methoxy groups -OCH3 is 1. The average Bonchev–Trinajstić information content (AvgIpc) is 3.26. The van der Waals surface area contributed by atoms with Gasteiger partial charge in [0.05, 0.1) is 30.9 Å². The quantitative estimate of drug-likeness (QED) is 0.717. The maximum atomic E-state index is 12.8. The van der Waals surface area contributed by atoms with Crippen molar-refractivity contribution >= 4 is 17.2 Å². The zero-order valence-electron chi connectivity index (χ0n) is 13.6. The number of hydrogen-bond acceptors (Lipinski definition) is 6. The topological polar surface area (TPSA) is 64.6 Å². The van der Waals surface area contributed by atoms with Gasteiger partial charge in [-0.15, -0.1) is 11.3 Å². The highest BCUT2D eigenvalue weighted by molar-refractivity contribution is 7.07. The first-order valence-corrected chi connectivity index (χ1v) is 8.92. The highest BCUT2D eigenvalue weighted by Crippen LogP contribution is 2.26. The summed E-state index contributed by atoms with van der Waals surface area (Å²) in [5.41, 5.74) is 3.29. The molecular weight excluding hydrogens is 326 g/mol. The van der Waals surface area contributed by atoms with Crippen LogP contribution in [0.2, 0.25) is 0 Å². The molecule has 0 saturated carbocycles. The summed E-state index contributed by atoms with van der Waals surface area (Å²) in [5.74, 6) is -0.0250. The molecule has 0 spiro atoms. The zero-order valence-corrected chi connectivity index (χ0v) is 14.4. The molecule has 1 saturated heterocycles. The van der Waals surface area contributed by atoms with Crippen molar-refractivity contribution in [3.05, 3.63) is 46.7 Å². The Labute approximate surface area is 145 Å². The van der Waals surface area contributed by atoms with Gasteiger partial charge in [0, 0.05) is 31.4 Å². The predicted molar refractivity (Wildman–Crippen MR) is 91.1 cm³/mol. The van der Waals surface area contributed by atoms with Crippen molar-refractivity contribution in [3.8, 4) is 0 Å². The Morgan fingerprint density at radius 3 is 3.08 bits per heavy atom. The smallest absolute Gasteiger partial charge is 0.273 e. The summed E-state index contributed by atoms with van der Waals surface area (Å²) in [5, 5.41) is 1.79.